The van der Waals surface area contributed by atoms with E-state index in [2.05, 4.69) is 5.32 Å². The van der Waals surface area contributed by atoms with Gasteiger partial charge in [0.25, 0.3) is 5.91 Å². The van der Waals surface area contributed by atoms with Crippen molar-refractivity contribution in [2.75, 3.05) is 7.11 Å². The third-order valence-corrected chi connectivity index (χ3v) is 4.97. The molecule has 3 N–H and O–H groups in total. The summed E-state index contributed by atoms with van der Waals surface area (Å²) >= 11 is 0. The van der Waals surface area contributed by atoms with E-state index in [1.165, 1.54) is 12.3 Å². The summed E-state index contributed by atoms with van der Waals surface area (Å²) < 4.78 is 29.8. The smallest absolute Gasteiger partial charge is 0.268 e. The van der Waals surface area contributed by atoms with Crippen LogP contribution in [0.5, 0.6) is 0 Å². The van der Waals surface area contributed by atoms with Crippen molar-refractivity contribution in [3.05, 3.63) is 18.0 Å². The van der Waals surface area contributed by atoms with Crippen molar-refractivity contribution in [2.24, 2.45) is 5.14 Å². The summed E-state index contributed by atoms with van der Waals surface area (Å²) in [6.07, 6.45) is 5.14. The molecule has 2 fully saturated rings. The van der Waals surface area contributed by atoms with Gasteiger partial charge in [-0.2, -0.15) is 0 Å². The summed E-state index contributed by atoms with van der Waals surface area (Å²) in [4.78, 5) is 12.3. The van der Waals surface area contributed by atoms with Gasteiger partial charge in [0.05, 0.1) is 6.10 Å². The van der Waals surface area contributed by atoms with E-state index >= 15 is 0 Å². The molecule has 3 rings (SSSR count). The van der Waals surface area contributed by atoms with Crippen LogP contribution in [0.2, 0.25) is 0 Å². The van der Waals surface area contributed by atoms with Gasteiger partial charge in [-0.15, -0.1) is 0 Å². The predicted molar refractivity (Wildman–Crippen MR) is 75.4 cm³/mol. The first-order valence-corrected chi connectivity index (χ1v) is 8.51. The average Bonchev–Trinajstić information content (AvgIpc) is 3.10. The lowest BCUT2D eigenvalue weighted by Gasteiger charge is -2.34. The van der Waals surface area contributed by atoms with Gasteiger partial charge < -0.3 is 14.6 Å². The third-order valence-electron chi connectivity index (χ3n) is 4.09. The average molecular weight is 313 g/mol. The molecule has 0 unspecified atom stereocenters. The Bertz CT molecular complexity index is 657. The summed E-state index contributed by atoms with van der Waals surface area (Å²) in [5, 5.41) is 8.05. The van der Waals surface area contributed by atoms with Crippen LogP contribution in [0.3, 0.4) is 0 Å². The van der Waals surface area contributed by atoms with Gasteiger partial charge in [0.2, 0.25) is 10.0 Å². The summed E-state index contributed by atoms with van der Waals surface area (Å²) in [7, 11) is -2.15. The number of sulfonamides is 1. The highest BCUT2D eigenvalue weighted by atomic mass is 32.2. The molecule has 0 spiro atoms. The second-order valence-corrected chi connectivity index (χ2v) is 7.31. The molecule has 21 heavy (non-hydrogen) atoms. The number of methoxy groups -OCH3 is 1. The Morgan fingerprint density at radius 3 is 2.62 bits per heavy atom. The van der Waals surface area contributed by atoms with Crippen LogP contribution in [-0.4, -0.2) is 38.1 Å². The van der Waals surface area contributed by atoms with Crippen molar-refractivity contribution in [2.45, 2.75) is 48.8 Å². The fraction of sp³-hybridized carbons (Fsp3) is 0.615. The lowest BCUT2D eigenvalue weighted by molar-refractivity contribution is 0.0175. The van der Waals surface area contributed by atoms with Gasteiger partial charge >= 0.3 is 0 Å². The van der Waals surface area contributed by atoms with Gasteiger partial charge in [0.15, 0.2) is 0 Å². The maximum atomic E-state index is 12.3. The molecule has 116 valence electrons. The van der Waals surface area contributed by atoms with Crippen molar-refractivity contribution >= 4 is 15.9 Å². The number of primary sulfonamides is 1. The van der Waals surface area contributed by atoms with E-state index in [1.54, 1.807) is 11.7 Å². The molecule has 2 aliphatic rings. The molecule has 1 aromatic heterocycles. The highest BCUT2D eigenvalue weighted by molar-refractivity contribution is 7.89. The molecule has 1 amide bonds. The number of ether oxygens (including phenoxy) is 1. The highest BCUT2D eigenvalue weighted by Crippen LogP contribution is 2.37. The first kappa shape index (κ1) is 14.6. The molecule has 0 atom stereocenters. The maximum absolute atomic E-state index is 12.3. The first-order valence-electron chi connectivity index (χ1n) is 6.97. The number of hydrogen-bond acceptors (Lipinski definition) is 4. The Hall–Kier alpha value is -1.38. The minimum Gasteiger partial charge on any atom is -0.381 e. The SMILES string of the molecule is COC1CC(NC(=O)c2cc(S(N)(=O)=O)cn2C2CC2)C1. The molecular weight excluding hydrogens is 294 g/mol. The van der Waals surface area contributed by atoms with Crippen LogP contribution in [0, 0.1) is 0 Å². The molecule has 0 aliphatic heterocycles. The van der Waals surface area contributed by atoms with E-state index < -0.39 is 10.0 Å². The quantitative estimate of drug-likeness (QED) is 0.820. The minimum atomic E-state index is -3.80. The Morgan fingerprint density at radius 2 is 2.10 bits per heavy atom. The normalized spacial score (nSPS) is 25.4. The number of carbonyl (C=O) groups excluding carboxylic acids is 1. The zero-order valence-corrected chi connectivity index (χ0v) is 12.6. The van der Waals surface area contributed by atoms with E-state index in [0.29, 0.717) is 5.69 Å². The van der Waals surface area contributed by atoms with Gasteiger partial charge in [0, 0.05) is 25.4 Å². The standard InChI is InChI=1S/C13H19N3O4S/c1-20-10-4-8(5-10)15-13(17)12-6-11(21(14,18)19)7-16(12)9-2-3-9/h6-10H,2-5H2,1H3,(H,15,17)(H2,14,18,19). The topological polar surface area (TPSA) is 103 Å². The molecule has 0 bridgehead atoms. The highest BCUT2D eigenvalue weighted by Gasteiger charge is 2.33. The van der Waals surface area contributed by atoms with Crippen molar-refractivity contribution in [3.8, 4) is 0 Å². The zero-order valence-electron chi connectivity index (χ0n) is 11.8. The molecular formula is C13H19N3O4S. The van der Waals surface area contributed by atoms with Crippen molar-refractivity contribution in [1.82, 2.24) is 9.88 Å². The van der Waals surface area contributed by atoms with Gasteiger partial charge in [0.1, 0.15) is 10.6 Å². The molecule has 1 aromatic rings. The molecule has 0 radical (unpaired) electrons. The van der Waals surface area contributed by atoms with Gasteiger partial charge in [-0.3, -0.25) is 4.79 Å². The third kappa shape index (κ3) is 2.97. The van der Waals surface area contributed by atoms with E-state index in [-0.39, 0.29) is 29.0 Å². The number of aromatic nitrogens is 1. The predicted octanol–water partition coefficient (Wildman–Crippen LogP) is 0.378. The first-order chi connectivity index (χ1) is 9.88. The number of amides is 1. The van der Waals surface area contributed by atoms with Crippen LogP contribution in [0.15, 0.2) is 17.2 Å². The summed E-state index contributed by atoms with van der Waals surface area (Å²) in [6.45, 7) is 0. The van der Waals surface area contributed by atoms with E-state index in [9.17, 15) is 13.2 Å². The van der Waals surface area contributed by atoms with Crippen molar-refractivity contribution in [3.63, 3.8) is 0 Å². The Labute approximate surface area is 123 Å². The fourth-order valence-electron chi connectivity index (χ4n) is 2.58. The van der Waals surface area contributed by atoms with E-state index in [1.807, 2.05) is 0 Å². The number of rotatable bonds is 5. The molecule has 0 aromatic carbocycles. The Balaban J connectivity index is 1.77. The Kier molecular flexibility index (Phi) is 3.54. The van der Waals surface area contributed by atoms with Crippen LogP contribution in [0.1, 0.15) is 42.2 Å². The number of hydrogen-bond donors (Lipinski definition) is 2. The molecule has 2 aliphatic carbocycles. The van der Waals surface area contributed by atoms with Crippen LogP contribution < -0.4 is 10.5 Å². The number of nitrogens with two attached hydrogens (primary N) is 1. The number of nitrogens with one attached hydrogen (secondary N) is 1. The van der Waals surface area contributed by atoms with Crippen LogP contribution >= 0.6 is 0 Å². The van der Waals surface area contributed by atoms with Crippen LogP contribution in [-0.2, 0) is 14.8 Å². The second-order valence-electron chi connectivity index (χ2n) is 5.74. The fourth-order valence-corrected chi connectivity index (χ4v) is 3.12. The molecule has 2 saturated carbocycles. The summed E-state index contributed by atoms with van der Waals surface area (Å²) in [6, 6.07) is 1.65. The van der Waals surface area contributed by atoms with Crippen LogP contribution in [0.4, 0.5) is 0 Å². The summed E-state index contributed by atoms with van der Waals surface area (Å²) in [5.41, 5.74) is 0.363. The van der Waals surface area contributed by atoms with Gasteiger partial charge in [-0.25, -0.2) is 13.6 Å². The number of nitrogens with zero attached hydrogens (tertiary/aromatic N) is 1. The zero-order chi connectivity index (χ0) is 15.2. The maximum Gasteiger partial charge on any atom is 0.268 e. The molecule has 0 saturated heterocycles. The van der Waals surface area contributed by atoms with E-state index in [4.69, 9.17) is 9.88 Å². The molecule has 7 nitrogen and oxygen atoms in total. The summed E-state index contributed by atoms with van der Waals surface area (Å²) in [5.74, 6) is -0.253. The van der Waals surface area contributed by atoms with Gasteiger partial charge in [-0.1, -0.05) is 0 Å². The number of carbonyl (C=O) groups is 1. The van der Waals surface area contributed by atoms with E-state index in [0.717, 1.165) is 25.7 Å². The second kappa shape index (κ2) is 5.11. The van der Waals surface area contributed by atoms with Crippen molar-refractivity contribution in [1.29, 1.82) is 0 Å². The molecule has 1 heterocycles. The monoisotopic (exact) mass is 313 g/mol. The lowest BCUT2D eigenvalue weighted by atomic mass is 9.89. The minimum absolute atomic E-state index is 0.0112. The van der Waals surface area contributed by atoms with Gasteiger partial charge in [-0.05, 0) is 31.7 Å². The Morgan fingerprint density at radius 1 is 1.43 bits per heavy atom. The largest absolute Gasteiger partial charge is 0.381 e. The van der Waals surface area contributed by atoms with Crippen LogP contribution in [0.25, 0.3) is 0 Å². The van der Waals surface area contributed by atoms with Crippen molar-refractivity contribution < 1.29 is 17.9 Å². The lowest BCUT2D eigenvalue weighted by Crippen LogP contribution is -2.47. The molecule has 8 heteroatoms.